The van der Waals surface area contributed by atoms with Gasteiger partial charge in [0.15, 0.2) is 0 Å². The summed E-state index contributed by atoms with van der Waals surface area (Å²) in [5.41, 5.74) is 8.76. The third kappa shape index (κ3) is 2.02. The zero-order valence-electron chi connectivity index (χ0n) is 11.9. The smallest absolute Gasteiger partial charge is 0.139 e. The Bertz CT molecular complexity index is 769. The first-order valence-electron chi connectivity index (χ1n) is 7.49. The predicted octanol–water partition coefficient (Wildman–Crippen LogP) is 1.77. The van der Waals surface area contributed by atoms with Crippen LogP contribution in [0.2, 0.25) is 0 Å². The van der Waals surface area contributed by atoms with Crippen LogP contribution in [-0.2, 0) is 11.2 Å². The van der Waals surface area contributed by atoms with Crippen LogP contribution in [0.25, 0.3) is 22.1 Å². The molecule has 0 aliphatic carbocycles. The Morgan fingerprint density at radius 3 is 3.24 bits per heavy atom. The van der Waals surface area contributed by atoms with Crippen molar-refractivity contribution in [3.63, 3.8) is 0 Å². The van der Waals surface area contributed by atoms with Gasteiger partial charge in [0, 0.05) is 24.6 Å². The van der Waals surface area contributed by atoms with E-state index in [2.05, 4.69) is 20.6 Å². The molecule has 1 fully saturated rings. The highest BCUT2D eigenvalue weighted by Crippen LogP contribution is 2.30. The zero-order chi connectivity index (χ0) is 14.2. The summed E-state index contributed by atoms with van der Waals surface area (Å²) in [7, 11) is 0. The number of hydrogen-bond acceptors (Lipinski definition) is 4. The first kappa shape index (κ1) is 12.8. The minimum atomic E-state index is 0.339. The Morgan fingerprint density at radius 2 is 2.43 bits per heavy atom. The van der Waals surface area contributed by atoms with Crippen LogP contribution in [0, 0.1) is 0 Å². The zero-order valence-corrected chi connectivity index (χ0v) is 11.9. The largest absolute Gasteiger partial charge is 0.379 e. The molecule has 3 aromatic heterocycles. The summed E-state index contributed by atoms with van der Waals surface area (Å²) < 4.78 is 8.01. The van der Waals surface area contributed by atoms with E-state index in [1.165, 1.54) is 0 Å². The third-order valence-corrected chi connectivity index (χ3v) is 4.18. The molecule has 0 amide bonds. The number of nitrogens with zero attached hydrogens (tertiary/aromatic N) is 3. The molecule has 4 heterocycles. The van der Waals surface area contributed by atoms with Crippen LogP contribution < -0.4 is 5.73 Å². The van der Waals surface area contributed by atoms with Crippen LogP contribution in [0.1, 0.15) is 24.7 Å². The minimum absolute atomic E-state index is 0.339. The Kier molecular flexibility index (Phi) is 3.12. The highest BCUT2D eigenvalue weighted by atomic mass is 16.5. The highest BCUT2D eigenvalue weighted by molar-refractivity contribution is 6.01. The van der Waals surface area contributed by atoms with Crippen molar-refractivity contribution in [2.24, 2.45) is 5.73 Å². The predicted molar refractivity (Wildman–Crippen MR) is 81.2 cm³/mol. The van der Waals surface area contributed by atoms with Crippen LogP contribution in [-0.4, -0.2) is 39.3 Å². The summed E-state index contributed by atoms with van der Waals surface area (Å²) in [5, 5.41) is 1.12. The van der Waals surface area contributed by atoms with Crippen LogP contribution in [0.15, 0.2) is 18.5 Å². The normalized spacial score (nSPS) is 19.6. The molecule has 0 radical (unpaired) electrons. The van der Waals surface area contributed by atoms with Crippen molar-refractivity contribution in [2.75, 3.05) is 19.8 Å². The molecule has 0 bridgehead atoms. The van der Waals surface area contributed by atoms with Crippen molar-refractivity contribution >= 4 is 22.1 Å². The van der Waals surface area contributed by atoms with Crippen molar-refractivity contribution < 1.29 is 4.74 Å². The number of nitrogens with one attached hydrogen (secondary N) is 1. The second kappa shape index (κ2) is 5.13. The van der Waals surface area contributed by atoms with E-state index in [0.717, 1.165) is 60.4 Å². The Hall–Kier alpha value is -1.92. The summed E-state index contributed by atoms with van der Waals surface area (Å²) in [5.74, 6) is 1.04. The molecular weight excluding hydrogens is 266 g/mol. The lowest BCUT2D eigenvalue weighted by Gasteiger charge is -2.26. The van der Waals surface area contributed by atoms with Gasteiger partial charge in [-0.05, 0) is 25.5 Å². The lowest BCUT2D eigenvalue weighted by atomic mass is 10.1. The summed E-state index contributed by atoms with van der Waals surface area (Å²) >= 11 is 0. The van der Waals surface area contributed by atoms with Gasteiger partial charge in [0.2, 0.25) is 0 Å². The SMILES string of the molecule is NCCc1nc2cnc3[nH]ccc3c2n1C1CCCOC1. The molecule has 1 saturated heterocycles. The van der Waals surface area contributed by atoms with Crippen molar-refractivity contribution in [3.8, 4) is 0 Å². The number of nitrogens with two attached hydrogens (primary N) is 1. The second-order valence-electron chi connectivity index (χ2n) is 5.54. The van der Waals surface area contributed by atoms with E-state index in [9.17, 15) is 0 Å². The van der Waals surface area contributed by atoms with E-state index in [1.54, 1.807) is 0 Å². The van der Waals surface area contributed by atoms with Gasteiger partial charge in [0.25, 0.3) is 0 Å². The fourth-order valence-electron chi connectivity index (χ4n) is 3.27. The quantitative estimate of drug-likeness (QED) is 0.768. The molecule has 3 N–H and O–H groups in total. The fraction of sp³-hybridized carbons (Fsp3) is 0.467. The van der Waals surface area contributed by atoms with Gasteiger partial charge < -0.3 is 20.0 Å². The van der Waals surface area contributed by atoms with Crippen LogP contribution in [0.3, 0.4) is 0 Å². The van der Waals surface area contributed by atoms with Crippen LogP contribution in [0.4, 0.5) is 0 Å². The van der Waals surface area contributed by atoms with Crippen molar-refractivity contribution in [3.05, 3.63) is 24.3 Å². The van der Waals surface area contributed by atoms with E-state index >= 15 is 0 Å². The molecule has 0 spiro atoms. The van der Waals surface area contributed by atoms with Crippen molar-refractivity contribution in [1.29, 1.82) is 0 Å². The minimum Gasteiger partial charge on any atom is -0.379 e. The van der Waals surface area contributed by atoms with Gasteiger partial charge in [0.1, 0.15) is 17.0 Å². The van der Waals surface area contributed by atoms with Crippen molar-refractivity contribution in [2.45, 2.75) is 25.3 Å². The molecular formula is C15H19N5O. The number of rotatable bonds is 3. The Morgan fingerprint density at radius 1 is 1.48 bits per heavy atom. The molecule has 3 aromatic rings. The first-order chi connectivity index (χ1) is 10.4. The summed E-state index contributed by atoms with van der Waals surface area (Å²) in [6.45, 7) is 2.20. The maximum atomic E-state index is 5.77. The first-order valence-corrected chi connectivity index (χ1v) is 7.49. The highest BCUT2D eigenvalue weighted by Gasteiger charge is 2.23. The molecule has 1 aliphatic rings. The summed E-state index contributed by atoms with van der Waals surface area (Å²) in [6, 6.07) is 2.41. The number of H-pyrrole nitrogens is 1. The number of ether oxygens (including phenoxy) is 1. The van der Waals surface area contributed by atoms with E-state index < -0.39 is 0 Å². The van der Waals surface area contributed by atoms with E-state index in [1.807, 2.05) is 12.4 Å². The fourth-order valence-corrected chi connectivity index (χ4v) is 3.27. The number of imidazole rings is 1. The molecule has 0 aromatic carbocycles. The standard InChI is InChI=1S/C15H19N5O/c16-5-3-13-19-12-8-18-15-11(4-6-17-15)14(12)20(13)10-2-1-7-21-9-10/h4,6,8,10H,1-3,5,7,9,16H2,(H,17,18). The lowest BCUT2D eigenvalue weighted by molar-refractivity contribution is 0.0596. The van der Waals surface area contributed by atoms with Gasteiger partial charge in [-0.3, -0.25) is 0 Å². The number of pyridine rings is 1. The summed E-state index contributed by atoms with van der Waals surface area (Å²) in [6.07, 6.45) is 6.75. The lowest BCUT2D eigenvalue weighted by Crippen LogP contribution is -2.23. The molecule has 0 saturated carbocycles. The van der Waals surface area contributed by atoms with Crippen LogP contribution in [0.5, 0.6) is 0 Å². The number of aromatic amines is 1. The van der Waals surface area contributed by atoms with E-state index in [4.69, 9.17) is 15.5 Å². The van der Waals surface area contributed by atoms with Gasteiger partial charge in [-0.1, -0.05) is 0 Å². The van der Waals surface area contributed by atoms with Crippen molar-refractivity contribution in [1.82, 2.24) is 19.5 Å². The number of hydrogen-bond donors (Lipinski definition) is 2. The van der Waals surface area contributed by atoms with Crippen LogP contribution >= 0.6 is 0 Å². The maximum absolute atomic E-state index is 5.77. The van der Waals surface area contributed by atoms with Gasteiger partial charge in [0.05, 0.1) is 24.4 Å². The maximum Gasteiger partial charge on any atom is 0.139 e. The van der Waals surface area contributed by atoms with Gasteiger partial charge in [-0.15, -0.1) is 0 Å². The molecule has 1 aliphatic heterocycles. The third-order valence-electron chi connectivity index (χ3n) is 4.18. The van der Waals surface area contributed by atoms with Gasteiger partial charge >= 0.3 is 0 Å². The average molecular weight is 285 g/mol. The molecule has 6 heteroatoms. The average Bonchev–Trinajstić information content (AvgIpc) is 3.11. The summed E-state index contributed by atoms with van der Waals surface area (Å²) in [4.78, 5) is 12.4. The Labute approximate surface area is 122 Å². The molecule has 1 atom stereocenters. The number of fused-ring (bicyclic) bond motifs is 3. The van der Waals surface area contributed by atoms with E-state index in [0.29, 0.717) is 12.6 Å². The second-order valence-corrected chi connectivity index (χ2v) is 5.54. The van der Waals surface area contributed by atoms with E-state index in [-0.39, 0.29) is 0 Å². The van der Waals surface area contributed by atoms with Gasteiger partial charge in [-0.25, -0.2) is 9.97 Å². The van der Waals surface area contributed by atoms with Gasteiger partial charge in [-0.2, -0.15) is 0 Å². The monoisotopic (exact) mass is 285 g/mol. The number of aromatic nitrogens is 4. The molecule has 1 unspecified atom stereocenters. The Balaban J connectivity index is 1.98. The molecule has 4 rings (SSSR count). The molecule has 110 valence electrons. The molecule has 21 heavy (non-hydrogen) atoms. The topological polar surface area (TPSA) is 81.8 Å². The molecule has 6 nitrogen and oxygen atoms in total.